The SMILES string of the molecule is C1=C[C@@H]2C[C@H]1CC21CCc2ccccc21. The highest BCUT2D eigenvalue weighted by atomic mass is 14.5. The fourth-order valence-corrected chi connectivity index (χ4v) is 4.27. The number of fused-ring (bicyclic) bond motifs is 5. The molecule has 4 rings (SSSR count). The Morgan fingerprint density at radius 3 is 2.87 bits per heavy atom. The van der Waals surface area contributed by atoms with E-state index in [0.29, 0.717) is 5.41 Å². The number of benzene rings is 1. The number of aryl methyl sites for hydroxylation is 1. The lowest BCUT2D eigenvalue weighted by molar-refractivity contribution is 0.355. The third-order valence-electron chi connectivity index (χ3n) is 4.90. The highest BCUT2D eigenvalue weighted by Gasteiger charge is 2.51. The van der Waals surface area contributed by atoms with Crippen LogP contribution in [0.3, 0.4) is 0 Å². The standard InChI is InChI=1S/C15H16/c1-2-4-14-12(3-1)7-8-15(14)10-11-5-6-13(15)9-11/h1-6,11,13H,7-10H2/t11-,13+,15?/m0/s1. The lowest BCUT2D eigenvalue weighted by atomic mass is 9.71. The molecule has 1 aromatic carbocycles. The van der Waals surface area contributed by atoms with Gasteiger partial charge in [-0.25, -0.2) is 0 Å². The third kappa shape index (κ3) is 0.884. The predicted octanol–water partition coefficient (Wildman–Crippen LogP) is 3.47. The largest absolute Gasteiger partial charge is 0.0851 e. The molecular formula is C15H16. The van der Waals surface area contributed by atoms with Gasteiger partial charge in [-0.3, -0.25) is 0 Å². The molecule has 3 aliphatic carbocycles. The first kappa shape index (κ1) is 8.15. The van der Waals surface area contributed by atoms with E-state index in [4.69, 9.17) is 0 Å². The molecule has 1 fully saturated rings. The van der Waals surface area contributed by atoms with Gasteiger partial charge in [0, 0.05) is 5.41 Å². The Bertz CT molecular complexity index is 443. The van der Waals surface area contributed by atoms with Crippen molar-refractivity contribution in [3.05, 3.63) is 47.5 Å². The quantitative estimate of drug-likeness (QED) is 0.557. The van der Waals surface area contributed by atoms with E-state index in [1.807, 2.05) is 0 Å². The summed E-state index contributed by atoms with van der Waals surface area (Å²) in [5, 5.41) is 0. The van der Waals surface area contributed by atoms with Gasteiger partial charge >= 0.3 is 0 Å². The Hall–Kier alpha value is -1.04. The van der Waals surface area contributed by atoms with E-state index >= 15 is 0 Å². The minimum absolute atomic E-state index is 0.552. The van der Waals surface area contributed by atoms with Gasteiger partial charge in [0.2, 0.25) is 0 Å². The summed E-state index contributed by atoms with van der Waals surface area (Å²) in [5.74, 6) is 1.74. The fourth-order valence-electron chi connectivity index (χ4n) is 4.27. The molecule has 3 aliphatic rings. The molecule has 1 saturated carbocycles. The van der Waals surface area contributed by atoms with Crippen LogP contribution in [0.15, 0.2) is 36.4 Å². The molecule has 2 bridgehead atoms. The van der Waals surface area contributed by atoms with Gasteiger partial charge in [0.15, 0.2) is 0 Å². The Labute approximate surface area is 91.0 Å². The molecule has 15 heavy (non-hydrogen) atoms. The van der Waals surface area contributed by atoms with Crippen molar-refractivity contribution in [2.75, 3.05) is 0 Å². The first-order valence-corrected chi connectivity index (χ1v) is 6.15. The molecule has 1 aromatic rings. The monoisotopic (exact) mass is 196 g/mol. The van der Waals surface area contributed by atoms with Crippen LogP contribution in [-0.4, -0.2) is 0 Å². The second kappa shape index (κ2) is 2.55. The second-order valence-electron chi connectivity index (χ2n) is 5.50. The van der Waals surface area contributed by atoms with E-state index < -0.39 is 0 Å². The van der Waals surface area contributed by atoms with Gasteiger partial charge < -0.3 is 0 Å². The summed E-state index contributed by atoms with van der Waals surface area (Å²) in [7, 11) is 0. The van der Waals surface area contributed by atoms with E-state index in [0.717, 1.165) is 11.8 Å². The summed E-state index contributed by atoms with van der Waals surface area (Å²) in [5.41, 5.74) is 3.86. The lowest BCUT2D eigenvalue weighted by Gasteiger charge is -2.32. The Balaban J connectivity index is 1.90. The van der Waals surface area contributed by atoms with Crippen molar-refractivity contribution in [3.63, 3.8) is 0 Å². The zero-order valence-electron chi connectivity index (χ0n) is 8.95. The Morgan fingerprint density at radius 2 is 2.07 bits per heavy atom. The van der Waals surface area contributed by atoms with Crippen LogP contribution in [0.2, 0.25) is 0 Å². The van der Waals surface area contributed by atoms with E-state index in [-0.39, 0.29) is 0 Å². The van der Waals surface area contributed by atoms with Crippen molar-refractivity contribution in [3.8, 4) is 0 Å². The summed E-state index contributed by atoms with van der Waals surface area (Å²) >= 11 is 0. The van der Waals surface area contributed by atoms with Crippen LogP contribution in [-0.2, 0) is 11.8 Å². The van der Waals surface area contributed by atoms with Crippen molar-refractivity contribution >= 4 is 0 Å². The third-order valence-corrected chi connectivity index (χ3v) is 4.90. The highest BCUT2D eigenvalue weighted by molar-refractivity contribution is 5.43. The maximum absolute atomic E-state index is 2.50. The normalized spacial score (nSPS) is 40.3. The van der Waals surface area contributed by atoms with Crippen LogP contribution < -0.4 is 0 Å². The topological polar surface area (TPSA) is 0 Å². The van der Waals surface area contributed by atoms with E-state index in [1.54, 1.807) is 11.1 Å². The van der Waals surface area contributed by atoms with Crippen molar-refractivity contribution in [2.45, 2.75) is 31.1 Å². The summed E-state index contributed by atoms with van der Waals surface area (Å²) < 4.78 is 0. The Kier molecular flexibility index (Phi) is 1.39. The minimum atomic E-state index is 0.552. The summed E-state index contributed by atoms with van der Waals surface area (Å²) in [6.45, 7) is 0. The van der Waals surface area contributed by atoms with Crippen molar-refractivity contribution in [1.82, 2.24) is 0 Å². The average molecular weight is 196 g/mol. The smallest absolute Gasteiger partial charge is 0.00274 e. The number of hydrogen-bond donors (Lipinski definition) is 0. The average Bonchev–Trinajstić information content (AvgIpc) is 2.95. The Morgan fingerprint density at radius 1 is 1.13 bits per heavy atom. The van der Waals surface area contributed by atoms with E-state index in [9.17, 15) is 0 Å². The highest BCUT2D eigenvalue weighted by Crippen LogP contribution is 2.58. The van der Waals surface area contributed by atoms with Crippen molar-refractivity contribution < 1.29 is 0 Å². The van der Waals surface area contributed by atoms with Gasteiger partial charge in [0.25, 0.3) is 0 Å². The zero-order valence-corrected chi connectivity index (χ0v) is 8.95. The maximum Gasteiger partial charge on any atom is 0.00274 e. The van der Waals surface area contributed by atoms with Gasteiger partial charge in [-0.15, -0.1) is 0 Å². The molecule has 0 N–H and O–H groups in total. The van der Waals surface area contributed by atoms with Crippen LogP contribution in [0.5, 0.6) is 0 Å². The molecule has 1 unspecified atom stereocenters. The number of rotatable bonds is 0. The predicted molar refractivity (Wildman–Crippen MR) is 61.8 cm³/mol. The molecule has 3 atom stereocenters. The molecule has 0 aliphatic heterocycles. The molecule has 0 heteroatoms. The maximum atomic E-state index is 2.50. The van der Waals surface area contributed by atoms with E-state index in [2.05, 4.69) is 36.4 Å². The van der Waals surface area contributed by atoms with Crippen molar-refractivity contribution in [1.29, 1.82) is 0 Å². The van der Waals surface area contributed by atoms with Crippen molar-refractivity contribution in [2.24, 2.45) is 11.8 Å². The van der Waals surface area contributed by atoms with Gasteiger partial charge in [0.1, 0.15) is 0 Å². The molecule has 0 aromatic heterocycles. The van der Waals surface area contributed by atoms with Gasteiger partial charge in [0.05, 0.1) is 0 Å². The second-order valence-corrected chi connectivity index (χ2v) is 5.50. The number of hydrogen-bond acceptors (Lipinski definition) is 0. The van der Waals surface area contributed by atoms with Crippen LogP contribution in [0, 0.1) is 11.8 Å². The zero-order chi connectivity index (χ0) is 9.88. The molecule has 0 heterocycles. The molecule has 76 valence electrons. The van der Waals surface area contributed by atoms with Gasteiger partial charge in [-0.1, -0.05) is 36.4 Å². The summed E-state index contributed by atoms with van der Waals surface area (Å²) in [4.78, 5) is 0. The van der Waals surface area contributed by atoms with Crippen LogP contribution in [0.1, 0.15) is 30.4 Å². The van der Waals surface area contributed by atoms with Gasteiger partial charge in [-0.05, 0) is 48.6 Å². The minimum Gasteiger partial charge on any atom is -0.0851 e. The fraction of sp³-hybridized carbons (Fsp3) is 0.467. The first-order valence-electron chi connectivity index (χ1n) is 6.15. The van der Waals surface area contributed by atoms with Crippen LogP contribution in [0.25, 0.3) is 0 Å². The molecule has 0 nitrogen and oxygen atoms in total. The lowest BCUT2D eigenvalue weighted by Crippen LogP contribution is -2.27. The number of allylic oxidation sites excluding steroid dienone is 2. The molecular weight excluding hydrogens is 180 g/mol. The van der Waals surface area contributed by atoms with E-state index in [1.165, 1.54) is 25.7 Å². The first-order chi connectivity index (χ1) is 7.38. The van der Waals surface area contributed by atoms with Crippen LogP contribution >= 0.6 is 0 Å². The molecule has 0 saturated heterocycles. The van der Waals surface area contributed by atoms with Crippen LogP contribution in [0.4, 0.5) is 0 Å². The molecule has 0 amide bonds. The summed E-state index contributed by atoms with van der Waals surface area (Å²) in [6, 6.07) is 9.14. The summed E-state index contributed by atoms with van der Waals surface area (Å²) in [6.07, 6.45) is 10.5. The molecule has 0 radical (unpaired) electrons. The van der Waals surface area contributed by atoms with Gasteiger partial charge in [-0.2, -0.15) is 0 Å². The molecule has 1 spiro atoms.